The van der Waals surface area contributed by atoms with Crippen molar-refractivity contribution in [1.82, 2.24) is 14.5 Å². The highest BCUT2D eigenvalue weighted by Crippen LogP contribution is 2.63. The van der Waals surface area contributed by atoms with Gasteiger partial charge in [0, 0.05) is 63.5 Å². The van der Waals surface area contributed by atoms with E-state index < -0.39 is 5.41 Å². The van der Waals surface area contributed by atoms with Crippen LogP contribution < -0.4 is 4.74 Å². The SMILES string of the molecule is N#Cc1ccc2c(c1)c1cc(-c3ccc4c(c3)C3(c5cc(-c6cc(-c7cccnc7)cc(-c7cccnc7)c6)ccc5O4)c4ccccc4-c4ccccc43)ccc1n2-c1ccccc1. The van der Waals surface area contributed by atoms with E-state index in [9.17, 15) is 5.26 Å². The molecular formula is C60H36N4O. The lowest BCUT2D eigenvalue weighted by Gasteiger charge is -2.40. The highest BCUT2D eigenvalue weighted by Gasteiger charge is 2.51. The Morgan fingerprint density at radius 1 is 0.415 bits per heavy atom. The van der Waals surface area contributed by atoms with Crippen LogP contribution in [0.1, 0.15) is 27.8 Å². The second kappa shape index (κ2) is 14.4. The molecule has 1 spiro atoms. The van der Waals surface area contributed by atoms with Gasteiger partial charge in [-0.2, -0.15) is 5.26 Å². The van der Waals surface area contributed by atoms with E-state index in [1.165, 1.54) is 22.3 Å². The largest absolute Gasteiger partial charge is 0.457 e. The van der Waals surface area contributed by atoms with Gasteiger partial charge in [0.25, 0.3) is 0 Å². The third-order valence-corrected chi connectivity index (χ3v) is 13.4. The van der Waals surface area contributed by atoms with Gasteiger partial charge in [-0.15, -0.1) is 0 Å². The first-order valence-electron chi connectivity index (χ1n) is 21.8. The summed E-state index contributed by atoms with van der Waals surface area (Å²) in [5.74, 6) is 1.67. The third-order valence-electron chi connectivity index (χ3n) is 13.4. The Morgan fingerprint density at radius 2 is 0.923 bits per heavy atom. The molecule has 1 aliphatic heterocycles. The number of aromatic nitrogens is 3. The molecule has 0 atom stereocenters. The standard InChI is InChI=1S/C60H36N4O/c61-35-38-18-22-56-50(28-38)51-32-39(19-23-57(51)64(56)47-12-2-1-3-13-47)40-20-24-58-54(33-40)60(52-16-6-4-14-48(52)49-15-5-7-17-53(49)60)55-34-41(21-25-59(55)65-58)44-29-45(42-10-8-26-62-36-42)31-46(30-44)43-11-9-27-63-37-43/h1-34,36-37H. The fourth-order valence-corrected chi connectivity index (χ4v) is 10.6. The van der Waals surface area contributed by atoms with Gasteiger partial charge in [-0.1, -0.05) is 97.1 Å². The first-order chi connectivity index (χ1) is 32.2. The number of fused-ring (bicyclic) bond motifs is 12. The summed E-state index contributed by atoms with van der Waals surface area (Å²) in [6, 6.07) is 71.6. The molecule has 0 saturated carbocycles. The predicted molar refractivity (Wildman–Crippen MR) is 260 cm³/mol. The molecule has 0 radical (unpaired) electrons. The number of para-hydroxylation sites is 1. The Morgan fingerprint density at radius 3 is 1.51 bits per heavy atom. The van der Waals surface area contributed by atoms with Crippen LogP contribution in [0.3, 0.4) is 0 Å². The van der Waals surface area contributed by atoms with Gasteiger partial charge in [0.2, 0.25) is 0 Å². The van der Waals surface area contributed by atoms with E-state index in [1.54, 1.807) is 0 Å². The number of benzene rings is 8. The fourth-order valence-electron chi connectivity index (χ4n) is 10.6. The fraction of sp³-hybridized carbons (Fsp3) is 0.0167. The van der Waals surface area contributed by atoms with Gasteiger partial charge in [0.15, 0.2) is 0 Å². The molecule has 0 bridgehead atoms. The molecule has 65 heavy (non-hydrogen) atoms. The van der Waals surface area contributed by atoms with Crippen molar-refractivity contribution in [3.05, 3.63) is 247 Å². The Kier molecular flexibility index (Phi) is 8.12. The van der Waals surface area contributed by atoms with Crippen LogP contribution in [0, 0.1) is 11.3 Å². The minimum Gasteiger partial charge on any atom is -0.457 e. The van der Waals surface area contributed by atoms with Crippen molar-refractivity contribution < 1.29 is 4.74 Å². The topological polar surface area (TPSA) is 63.7 Å². The van der Waals surface area contributed by atoms with Crippen LogP contribution in [-0.2, 0) is 5.41 Å². The molecule has 1 aliphatic carbocycles. The molecule has 13 rings (SSSR count). The Hall–Kier alpha value is -8.85. The molecule has 4 heterocycles. The summed E-state index contributed by atoms with van der Waals surface area (Å²) in [7, 11) is 0. The molecule has 11 aromatic rings. The summed E-state index contributed by atoms with van der Waals surface area (Å²) in [5.41, 5.74) is 18.8. The molecule has 0 amide bonds. The van der Waals surface area contributed by atoms with Crippen LogP contribution >= 0.6 is 0 Å². The molecule has 0 fully saturated rings. The maximum absolute atomic E-state index is 9.98. The molecule has 0 saturated heterocycles. The number of rotatable bonds is 5. The second-order valence-corrected chi connectivity index (χ2v) is 16.9. The third kappa shape index (κ3) is 5.58. The van der Waals surface area contributed by atoms with Crippen molar-refractivity contribution in [2.24, 2.45) is 0 Å². The molecule has 5 nitrogen and oxygen atoms in total. The van der Waals surface area contributed by atoms with Crippen molar-refractivity contribution in [1.29, 1.82) is 5.26 Å². The summed E-state index contributed by atoms with van der Waals surface area (Å²) in [6.45, 7) is 0. The van der Waals surface area contributed by atoms with Crippen LogP contribution in [0.5, 0.6) is 11.5 Å². The van der Waals surface area contributed by atoms with Gasteiger partial charge >= 0.3 is 0 Å². The quantitative estimate of drug-likeness (QED) is 0.173. The van der Waals surface area contributed by atoms with E-state index in [0.717, 1.165) is 94.6 Å². The molecule has 8 aromatic carbocycles. The predicted octanol–water partition coefficient (Wildman–Crippen LogP) is 14.6. The number of hydrogen-bond acceptors (Lipinski definition) is 4. The van der Waals surface area contributed by atoms with E-state index >= 15 is 0 Å². The summed E-state index contributed by atoms with van der Waals surface area (Å²) >= 11 is 0. The summed E-state index contributed by atoms with van der Waals surface area (Å²) in [6.07, 6.45) is 7.47. The molecular weight excluding hydrogens is 793 g/mol. The number of pyridine rings is 2. The first kappa shape index (κ1) is 36.8. The zero-order chi connectivity index (χ0) is 43.1. The second-order valence-electron chi connectivity index (χ2n) is 16.9. The van der Waals surface area contributed by atoms with Crippen LogP contribution in [0.4, 0.5) is 0 Å². The maximum atomic E-state index is 9.98. The number of ether oxygens (including phenoxy) is 1. The minimum atomic E-state index is -0.690. The van der Waals surface area contributed by atoms with Gasteiger partial charge in [0.05, 0.1) is 28.1 Å². The monoisotopic (exact) mass is 828 g/mol. The van der Waals surface area contributed by atoms with Crippen molar-refractivity contribution >= 4 is 21.8 Å². The Bertz CT molecular complexity index is 3650. The van der Waals surface area contributed by atoms with Gasteiger partial charge in [0.1, 0.15) is 11.5 Å². The molecule has 2 aliphatic rings. The molecule has 5 heteroatoms. The molecule has 3 aromatic heterocycles. The van der Waals surface area contributed by atoms with Crippen molar-refractivity contribution in [3.63, 3.8) is 0 Å². The number of nitriles is 1. The zero-order valence-electron chi connectivity index (χ0n) is 35.0. The van der Waals surface area contributed by atoms with E-state index in [2.05, 4.69) is 184 Å². The van der Waals surface area contributed by atoms with Gasteiger partial charge in [-0.05, 0) is 153 Å². The smallest absolute Gasteiger partial charge is 0.132 e. The summed E-state index contributed by atoms with van der Waals surface area (Å²) in [5, 5.41) is 12.1. The van der Waals surface area contributed by atoms with E-state index in [0.29, 0.717) is 5.56 Å². The highest BCUT2D eigenvalue weighted by atomic mass is 16.5. The lowest BCUT2D eigenvalue weighted by atomic mass is 9.65. The van der Waals surface area contributed by atoms with Crippen LogP contribution in [-0.4, -0.2) is 14.5 Å². The number of nitrogens with zero attached hydrogens (tertiary/aromatic N) is 4. The van der Waals surface area contributed by atoms with E-state index in [-0.39, 0.29) is 0 Å². The molecule has 0 N–H and O–H groups in total. The zero-order valence-corrected chi connectivity index (χ0v) is 35.0. The molecule has 0 unspecified atom stereocenters. The van der Waals surface area contributed by atoms with Crippen molar-refractivity contribution in [3.8, 4) is 78.9 Å². The van der Waals surface area contributed by atoms with Gasteiger partial charge in [-0.25, -0.2) is 0 Å². The van der Waals surface area contributed by atoms with Crippen LogP contribution in [0.25, 0.3) is 83.1 Å². The summed E-state index contributed by atoms with van der Waals surface area (Å²) in [4.78, 5) is 8.94. The van der Waals surface area contributed by atoms with Gasteiger partial charge < -0.3 is 9.30 Å². The number of hydrogen-bond donors (Lipinski definition) is 0. The lowest BCUT2D eigenvalue weighted by Crippen LogP contribution is -2.32. The molecule has 302 valence electrons. The van der Waals surface area contributed by atoms with E-state index in [4.69, 9.17) is 4.74 Å². The minimum absolute atomic E-state index is 0.636. The van der Waals surface area contributed by atoms with Crippen LogP contribution in [0.2, 0.25) is 0 Å². The summed E-state index contributed by atoms with van der Waals surface area (Å²) < 4.78 is 9.31. The average Bonchev–Trinajstić information content (AvgIpc) is 3.87. The van der Waals surface area contributed by atoms with Gasteiger partial charge in [-0.3, -0.25) is 9.97 Å². The Labute approximate surface area is 375 Å². The lowest BCUT2D eigenvalue weighted by molar-refractivity contribution is 0.436. The maximum Gasteiger partial charge on any atom is 0.132 e. The van der Waals surface area contributed by atoms with E-state index in [1.807, 2.05) is 55.1 Å². The van der Waals surface area contributed by atoms with Crippen molar-refractivity contribution in [2.45, 2.75) is 5.41 Å². The Balaban J connectivity index is 1.04. The highest BCUT2D eigenvalue weighted by molar-refractivity contribution is 6.11. The van der Waals surface area contributed by atoms with Crippen molar-refractivity contribution in [2.75, 3.05) is 0 Å². The average molecular weight is 829 g/mol. The van der Waals surface area contributed by atoms with Crippen LogP contribution in [0.15, 0.2) is 219 Å². The first-order valence-corrected chi connectivity index (χ1v) is 21.8. The normalized spacial score (nSPS) is 12.8.